The molecule has 0 bridgehead atoms. The van der Waals surface area contributed by atoms with Crippen LogP contribution in [0.1, 0.15) is 117 Å². The van der Waals surface area contributed by atoms with Gasteiger partial charge in [0, 0.05) is 6.42 Å². The molecule has 2 unspecified atom stereocenters. The molecule has 0 saturated carbocycles. The molecule has 2 atom stereocenters. The zero-order valence-electron chi connectivity index (χ0n) is 18.3. The van der Waals surface area contributed by atoms with Crippen LogP contribution in [0.15, 0.2) is 0 Å². The summed E-state index contributed by atoms with van der Waals surface area (Å²) in [5, 5.41) is 19.1. The Bertz CT molecular complexity index is 396. The fraction of sp³-hybridized carbons (Fsp3) is 0.957. The van der Waals surface area contributed by atoms with Gasteiger partial charge in [0.25, 0.3) is 0 Å². The van der Waals surface area contributed by atoms with E-state index in [9.17, 15) is 15.0 Å². The number of unbranched alkanes of at least 4 members (excludes halogenated alkanes) is 13. The molecule has 28 heavy (non-hydrogen) atoms. The van der Waals surface area contributed by atoms with Gasteiger partial charge in [0.05, 0.1) is 12.5 Å². The molecule has 1 aliphatic rings. The van der Waals surface area contributed by atoms with Crippen molar-refractivity contribution < 1.29 is 24.5 Å². The Morgan fingerprint density at radius 2 is 1.39 bits per heavy atom. The molecule has 1 rings (SSSR count). The van der Waals surface area contributed by atoms with Gasteiger partial charge in [-0.1, -0.05) is 104 Å². The summed E-state index contributed by atoms with van der Waals surface area (Å²) in [7, 11) is 0. The quantitative estimate of drug-likeness (QED) is 0.192. The van der Waals surface area contributed by atoms with E-state index in [2.05, 4.69) is 6.92 Å². The molecule has 0 aromatic carbocycles. The molecular formula is C23H44O5. The van der Waals surface area contributed by atoms with Crippen molar-refractivity contribution in [1.29, 1.82) is 0 Å². The van der Waals surface area contributed by atoms with Crippen LogP contribution >= 0.6 is 0 Å². The van der Waals surface area contributed by atoms with E-state index >= 15 is 0 Å². The van der Waals surface area contributed by atoms with Crippen molar-refractivity contribution in [2.75, 3.05) is 6.61 Å². The maximum atomic E-state index is 12.1. The van der Waals surface area contributed by atoms with E-state index in [-0.39, 0.29) is 18.5 Å². The van der Waals surface area contributed by atoms with Crippen molar-refractivity contribution in [3.8, 4) is 0 Å². The molecule has 1 fully saturated rings. The minimum Gasteiger partial charge on any atom is -0.453 e. The molecule has 0 amide bonds. The van der Waals surface area contributed by atoms with Gasteiger partial charge in [-0.2, -0.15) is 0 Å². The number of hydrogen-bond acceptors (Lipinski definition) is 5. The average molecular weight is 401 g/mol. The van der Waals surface area contributed by atoms with Crippen molar-refractivity contribution in [3.05, 3.63) is 0 Å². The van der Waals surface area contributed by atoms with Crippen LogP contribution < -0.4 is 0 Å². The van der Waals surface area contributed by atoms with Crippen molar-refractivity contribution in [2.24, 2.45) is 5.92 Å². The number of ether oxygens (including phenoxy) is 2. The topological polar surface area (TPSA) is 76.0 Å². The fourth-order valence-corrected chi connectivity index (χ4v) is 3.75. The summed E-state index contributed by atoms with van der Waals surface area (Å²) in [6.07, 6.45) is 18.6. The minimum atomic E-state index is -2.33. The third-order valence-electron chi connectivity index (χ3n) is 5.77. The zero-order valence-corrected chi connectivity index (χ0v) is 18.3. The summed E-state index contributed by atoms with van der Waals surface area (Å²) in [5.74, 6) is -2.91. The minimum absolute atomic E-state index is 0.193. The lowest BCUT2D eigenvalue weighted by Crippen LogP contribution is -2.42. The SMILES string of the molecule is CCCCCCCCCCCCCCCCC(C)C(=O)OC1CCOC1(O)O. The number of rotatable bonds is 17. The summed E-state index contributed by atoms with van der Waals surface area (Å²) in [4.78, 5) is 12.1. The number of carbonyl (C=O) groups excluding carboxylic acids is 1. The van der Waals surface area contributed by atoms with E-state index in [1.807, 2.05) is 6.92 Å². The summed E-state index contributed by atoms with van der Waals surface area (Å²) < 4.78 is 9.95. The first-order valence-electron chi connectivity index (χ1n) is 11.8. The first-order valence-corrected chi connectivity index (χ1v) is 11.8. The van der Waals surface area contributed by atoms with Gasteiger partial charge in [-0.3, -0.25) is 4.79 Å². The molecule has 1 heterocycles. The van der Waals surface area contributed by atoms with Crippen molar-refractivity contribution in [1.82, 2.24) is 0 Å². The van der Waals surface area contributed by atoms with Gasteiger partial charge in [-0.05, 0) is 6.42 Å². The van der Waals surface area contributed by atoms with Crippen LogP contribution in [0.5, 0.6) is 0 Å². The average Bonchev–Trinajstić information content (AvgIpc) is 2.99. The highest BCUT2D eigenvalue weighted by Gasteiger charge is 2.44. The molecule has 0 aromatic heterocycles. The largest absolute Gasteiger partial charge is 0.453 e. The normalized spacial score (nSPS) is 19.6. The summed E-state index contributed by atoms with van der Waals surface area (Å²) in [6.45, 7) is 4.30. The van der Waals surface area contributed by atoms with Crippen LogP contribution in [0.25, 0.3) is 0 Å². The van der Waals surface area contributed by atoms with Crippen molar-refractivity contribution in [3.63, 3.8) is 0 Å². The standard InChI is InChI=1S/C23H44O5/c1-3-4-5-6-7-8-9-10-11-12-13-14-15-16-17-20(2)22(24)28-21-18-19-27-23(21,25)26/h20-21,25-26H,3-19H2,1-2H3. The van der Waals surface area contributed by atoms with Crippen LogP contribution in [0.2, 0.25) is 0 Å². The molecule has 1 saturated heterocycles. The highest BCUT2D eigenvalue weighted by Crippen LogP contribution is 2.25. The second-order valence-corrected chi connectivity index (χ2v) is 8.51. The van der Waals surface area contributed by atoms with Crippen LogP contribution in [-0.4, -0.2) is 34.9 Å². The van der Waals surface area contributed by atoms with Crippen LogP contribution in [0.4, 0.5) is 0 Å². The third-order valence-corrected chi connectivity index (χ3v) is 5.77. The molecule has 0 spiro atoms. The molecule has 2 N–H and O–H groups in total. The van der Waals surface area contributed by atoms with Crippen molar-refractivity contribution >= 4 is 5.97 Å². The van der Waals surface area contributed by atoms with Crippen LogP contribution in [0.3, 0.4) is 0 Å². The van der Waals surface area contributed by atoms with Crippen LogP contribution in [-0.2, 0) is 14.3 Å². The highest BCUT2D eigenvalue weighted by molar-refractivity contribution is 5.72. The lowest BCUT2D eigenvalue weighted by Gasteiger charge is -2.23. The molecular weight excluding hydrogens is 356 g/mol. The van der Waals surface area contributed by atoms with Gasteiger partial charge >= 0.3 is 11.9 Å². The number of carbonyl (C=O) groups is 1. The maximum Gasteiger partial charge on any atom is 0.317 e. The predicted molar refractivity (Wildman–Crippen MR) is 112 cm³/mol. The monoisotopic (exact) mass is 400 g/mol. The fourth-order valence-electron chi connectivity index (χ4n) is 3.75. The Kier molecular flexibility index (Phi) is 13.8. The second-order valence-electron chi connectivity index (χ2n) is 8.51. The van der Waals surface area contributed by atoms with E-state index in [0.717, 1.165) is 19.3 Å². The van der Waals surface area contributed by atoms with E-state index in [1.54, 1.807) is 0 Å². The van der Waals surface area contributed by atoms with E-state index in [0.29, 0.717) is 6.42 Å². The summed E-state index contributed by atoms with van der Waals surface area (Å²) >= 11 is 0. The smallest absolute Gasteiger partial charge is 0.317 e. The van der Waals surface area contributed by atoms with Gasteiger partial charge in [0.2, 0.25) is 0 Å². The number of hydrogen-bond donors (Lipinski definition) is 2. The molecule has 166 valence electrons. The second kappa shape index (κ2) is 15.2. The van der Waals surface area contributed by atoms with Gasteiger partial charge in [-0.15, -0.1) is 0 Å². The van der Waals surface area contributed by atoms with E-state index in [4.69, 9.17) is 9.47 Å². The molecule has 5 heteroatoms. The molecule has 5 nitrogen and oxygen atoms in total. The van der Waals surface area contributed by atoms with E-state index in [1.165, 1.54) is 77.0 Å². The van der Waals surface area contributed by atoms with Crippen molar-refractivity contribution in [2.45, 2.75) is 129 Å². The Hall–Kier alpha value is -0.650. The highest BCUT2D eigenvalue weighted by atomic mass is 16.8. The Balaban J connectivity index is 1.88. The predicted octanol–water partition coefficient (Wildman–Crippen LogP) is 5.46. The molecule has 0 aromatic rings. The Labute approximate surface area is 172 Å². The Morgan fingerprint density at radius 3 is 1.82 bits per heavy atom. The maximum absolute atomic E-state index is 12.1. The number of aliphatic hydroxyl groups is 2. The van der Waals surface area contributed by atoms with Gasteiger partial charge in [-0.25, -0.2) is 0 Å². The third kappa shape index (κ3) is 11.4. The lowest BCUT2D eigenvalue weighted by molar-refractivity contribution is -0.346. The van der Waals surface area contributed by atoms with Gasteiger partial charge < -0.3 is 19.7 Å². The number of esters is 1. The van der Waals surface area contributed by atoms with Crippen LogP contribution in [0, 0.1) is 5.92 Å². The summed E-state index contributed by atoms with van der Waals surface area (Å²) in [5.41, 5.74) is 0. The van der Waals surface area contributed by atoms with Gasteiger partial charge in [0.1, 0.15) is 0 Å². The van der Waals surface area contributed by atoms with Gasteiger partial charge in [0.15, 0.2) is 6.10 Å². The molecule has 1 aliphatic heterocycles. The Morgan fingerprint density at radius 1 is 0.929 bits per heavy atom. The first kappa shape index (κ1) is 25.4. The van der Waals surface area contributed by atoms with E-state index < -0.39 is 12.1 Å². The lowest BCUT2D eigenvalue weighted by atomic mass is 10.0. The first-order chi connectivity index (χ1) is 13.5. The molecule has 0 radical (unpaired) electrons. The summed E-state index contributed by atoms with van der Waals surface area (Å²) in [6, 6.07) is 0. The zero-order chi connectivity index (χ0) is 20.7. The molecule has 0 aliphatic carbocycles.